The van der Waals surface area contributed by atoms with Crippen molar-refractivity contribution < 1.29 is 14.3 Å². The lowest BCUT2D eigenvalue weighted by Gasteiger charge is -2.16. The Labute approximate surface area is 107 Å². The normalized spacial score (nSPS) is 11.1. The summed E-state index contributed by atoms with van der Waals surface area (Å²) in [4.78, 5) is 11.5. The number of rotatable bonds is 4. The molecule has 1 rings (SSSR count). The minimum atomic E-state index is -0.395. The molecule has 5 nitrogen and oxygen atoms in total. The Kier molecular flexibility index (Phi) is 6.38. The Balaban J connectivity index is 0.00000256. The van der Waals surface area contributed by atoms with Gasteiger partial charge in [-0.3, -0.25) is 10.6 Å². The Morgan fingerprint density at radius 2 is 2.06 bits per heavy atom. The highest BCUT2D eigenvalue weighted by molar-refractivity contribution is 5.85. The van der Waals surface area contributed by atoms with Gasteiger partial charge in [0, 0.05) is 5.56 Å². The van der Waals surface area contributed by atoms with Crippen molar-refractivity contribution in [2.24, 2.45) is 5.84 Å². The van der Waals surface area contributed by atoms with Crippen LogP contribution in [0.5, 0.6) is 5.75 Å². The molecule has 0 aliphatic heterocycles. The topological polar surface area (TPSA) is 73.6 Å². The predicted molar refractivity (Wildman–Crippen MR) is 68.5 cm³/mol. The van der Waals surface area contributed by atoms with E-state index in [0.29, 0.717) is 11.4 Å². The van der Waals surface area contributed by atoms with Gasteiger partial charge in [0.15, 0.2) is 0 Å². The van der Waals surface area contributed by atoms with Crippen molar-refractivity contribution in [1.82, 2.24) is 0 Å². The molecule has 0 bridgehead atoms. The number of ether oxygens (including phenoxy) is 2. The lowest BCUT2D eigenvalue weighted by atomic mass is 9.99. The van der Waals surface area contributed by atoms with Crippen LogP contribution in [0.2, 0.25) is 0 Å². The van der Waals surface area contributed by atoms with E-state index < -0.39 is 5.92 Å². The molecular weight excluding hydrogens is 244 g/mol. The molecule has 0 aromatic heterocycles. The second-order valence-corrected chi connectivity index (χ2v) is 3.32. The quantitative estimate of drug-likeness (QED) is 0.490. The highest BCUT2D eigenvalue weighted by atomic mass is 35.5. The van der Waals surface area contributed by atoms with Gasteiger partial charge < -0.3 is 14.9 Å². The van der Waals surface area contributed by atoms with Gasteiger partial charge in [-0.05, 0) is 13.0 Å². The highest BCUT2D eigenvalue weighted by Crippen LogP contribution is 2.33. The number of esters is 1. The molecule has 1 aromatic rings. The number of anilines is 1. The average molecular weight is 261 g/mol. The maximum absolute atomic E-state index is 11.5. The van der Waals surface area contributed by atoms with Gasteiger partial charge in [0.25, 0.3) is 0 Å². The largest absolute Gasteiger partial charge is 0.494 e. The molecule has 0 saturated carbocycles. The lowest BCUT2D eigenvalue weighted by Crippen LogP contribution is -2.14. The third-order valence-electron chi connectivity index (χ3n) is 2.43. The van der Waals surface area contributed by atoms with Crippen LogP contribution in [0.15, 0.2) is 18.2 Å². The number of halogens is 1. The van der Waals surface area contributed by atoms with Crippen LogP contribution in [-0.2, 0) is 9.53 Å². The van der Waals surface area contributed by atoms with Crippen molar-refractivity contribution in [3.8, 4) is 5.75 Å². The maximum atomic E-state index is 11.5. The van der Waals surface area contributed by atoms with E-state index in [2.05, 4.69) is 5.43 Å². The van der Waals surface area contributed by atoms with Crippen LogP contribution in [0.4, 0.5) is 5.69 Å². The lowest BCUT2D eigenvalue weighted by molar-refractivity contribution is -0.142. The van der Waals surface area contributed by atoms with Crippen molar-refractivity contribution >= 4 is 24.1 Å². The second-order valence-electron chi connectivity index (χ2n) is 3.32. The third kappa shape index (κ3) is 3.25. The van der Waals surface area contributed by atoms with Gasteiger partial charge >= 0.3 is 5.97 Å². The first-order chi connectivity index (χ1) is 7.65. The van der Waals surface area contributed by atoms with E-state index in [1.165, 1.54) is 14.2 Å². The predicted octanol–water partition coefficient (Wildman–Crippen LogP) is 1.68. The molecular formula is C11H17ClN2O3. The average Bonchev–Trinajstić information content (AvgIpc) is 2.35. The van der Waals surface area contributed by atoms with Crippen LogP contribution < -0.4 is 16.0 Å². The zero-order valence-corrected chi connectivity index (χ0v) is 10.8. The molecule has 1 aromatic carbocycles. The van der Waals surface area contributed by atoms with Crippen LogP contribution >= 0.6 is 12.4 Å². The smallest absolute Gasteiger partial charge is 0.312 e. The van der Waals surface area contributed by atoms with Gasteiger partial charge in [0.1, 0.15) is 5.75 Å². The number of nitrogen functional groups attached to an aromatic ring is 1. The molecule has 1 atom stereocenters. The number of nitrogens with two attached hydrogens (primary N) is 1. The van der Waals surface area contributed by atoms with Gasteiger partial charge in [-0.2, -0.15) is 0 Å². The summed E-state index contributed by atoms with van der Waals surface area (Å²) in [5, 5.41) is 0. The number of nitrogens with one attached hydrogen (secondary N) is 1. The van der Waals surface area contributed by atoms with E-state index in [9.17, 15) is 4.79 Å². The fraction of sp³-hybridized carbons (Fsp3) is 0.364. The van der Waals surface area contributed by atoms with Crippen molar-refractivity contribution in [2.45, 2.75) is 12.8 Å². The summed E-state index contributed by atoms with van der Waals surface area (Å²) in [6.45, 7) is 1.75. The van der Waals surface area contributed by atoms with E-state index in [0.717, 1.165) is 5.56 Å². The first kappa shape index (κ1) is 15.5. The Morgan fingerprint density at radius 3 is 2.53 bits per heavy atom. The molecule has 0 aliphatic carbocycles. The molecule has 0 heterocycles. The number of hydrogen-bond acceptors (Lipinski definition) is 5. The SMILES string of the molecule is COC(=O)C(C)c1cccc(NN)c1OC.Cl. The molecule has 1 unspecified atom stereocenters. The Morgan fingerprint density at radius 1 is 1.41 bits per heavy atom. The summed E-state index contributed by atoms with van der Waals surface area (Å²) >= 11 is 0. The molecule has 0 saturated heterocycles. The standard InChI is InChI=1S/C11H16N2O3.ClH/c1-7(11(14)16-3)8-5-4-6-9(13-12)10(8)15-2;/h4-7,13H,12H2,1-3H3;1H. The number of methoxy groups -OCH3 is 2. The van der Waals surface area contributed by atoms with Crippen molar-refractivity contribution in [3.05, 3.63) is 23.8 Å². The van der Waals surface area contributed by atoms with Gasteiger partial charge in [0.05, 0.1) is 25.8 Å². The number of carbonyl (C=O) groups excluding carboxylic acids is 1. The van der Waals surface area contributed by atoms with Crippen molar-refractivity contribution in [2.75, 3.05) is 19.6 Å². The molecule has 17 heavy (non-hydrogen) atoms. The third-order valence-corrected chi connectivity index (χ3v) is 2.43. The van der Waals surface area contributed by atoms with E-state index in [-0.39, 0.29) is 18.4 Å². The molecule has 0 radical (unpaired) electrons. The number of hydrogen-bond donors (Lipinski definition) is 2. The summed E-state index contributed by atoms with van der Waals surface area (Å²) in [6.07, 6.45) is 0. The molecule has 6 heteroatoms. The molecule has 0 fully saturated rings. The maximum Gasteiger partial charge on any atom is 0.312 e. The molecule has 0 aliphatic rings. The molecule has 3 N–H and O–H groups in total. The first-order valence-corrected chi connectivity index (χ1v) is 4.87. The number of para-hydroxylation sites is 1. The fourth-order valence-electron chi connectivity index (χ4n) is 1.54. The summed E-state index contributed by atoms with van der Waals surface area (Å²) in [6, 6.07) is 5.38. The Bertz CT molecular complexity index is 385. The Hall–Kier alpha value is -1.46. The van der Waals surface area contributed by atoms with Crippen molar-refractivity contribution in [1.29, 1.82) is 0 Å². The summed E-state index contributed by atoms with van der Waals surface area (Å²) in [7, 11) is 2.89. The minimum Gasteiger partial charge on any atom is -0.494 e. The van der Waals surface area contributed by atoms with Crippen LogP contribution in [0.1, 0.15) is 18.4 Å². The van der Waals surface area contributed by atoms with Gasteiger partial charge in [-0.15, -0.1) is 12.4 Å². The zero-order valence-electron chi connectivity index (χ0n) is 10.0. The van der Waals surface area contributed by atoms with E-state index in [4.69, 9.17) is 15.3 Å². The number of benzene rings is 1. The van der Waals surface area contributed by atoms with Crippen LogP contribution in [0, 0.1) is 0 Å². The number of hydrazine groups is 1. The molecule has 0 spiro atoms. The van der Waals surface area contributed by atoms with Gasteiger partial charge in [0.2, 0.25) is 0 Å². The minimum absolute atomic E-state index is 0. The van der Waals surface area contributed by atoms with Gasteiger partial charge in [-0.25, -0.2) is 0 Å². The monoisotopic (exact) mass is 260 g/mol. The van der Waals surface area contributed by atoms with E-state index in [1.807, 2.05) is 0 Å². The summed E-state index contributed by atoms with van der Waals surface area (Å²) in [5.74, 6) is 5.21. The molecule has 0 amide bonds. The van der Waals surface area contributed by atoms with E-state index >= 15 is 0 Å². The second kappa shape index (κ2) is 6.98. The first-order valence-electron chi connectivity index (χ1n) is 4.87. The van der Waals surface area contributed by atoms with Crippen LogP contribution in [0.25, 0.3) is 0 Å². The molecule has 96 valence electrons. The van der Waals surface area contributed by atoms with Gasteiger partial charge in [-0.1, -0.05) is 12.1 Å². The van der Waals surface area contributed by atoms with Crippen LogP contribution in [0.3, 0.4) is 0 Å². The van der Waals surface area contributed by atoms with Crippen molar-refractivity contribution in [3.63, 3.8) is 0 Å². The highest BCUT2D eigenvalue weighted by Gasteiger charge is 2.21. The summed E-state index contributed by atoms with van der Waals surface area (Å²) in [5.41, 5.74) is 3.90. The fourth-order valence-corrected chi connectivity index (χ4v) is 1.54. The van der Waals surface area contributed by atoms with E-state index in [1.54, 1.807) is 25.1 Å². The zero-order chi connectivity index (χ0) is 12.1. The number of carbonyl (C=O) groups is 1. The summed E-state index contributed by atoms with van der Waals surface area (Å²) < 4.78 is 9.93. The van der Waals surface area contributed by atoms with Crippen LogP contribution in [-0.4, -0.2) is 20.2 Å².